The highest BCUT2D eigenvalue weighted by Crippen LogP contribution is 2.32. The Morgan fingerprint density at radius 1 is 1.33 bits per heavy atom. The second kappa shape index (κ2) is 2.79. The summed E-state index contributed by atoms with van der Waals surface area (Å²) in [5, 5.41) is 4.69. The fourth-order valence-electron chi connectivity index (χ4n) is 1.40. The van der Waals surface area contributed by atoms with Gasteiger partial charge in [0, 0.05) is 10.3 Å². The van der Waals surface area contributed by atoms with E-state index in [1.54, 1.807) is 18.4 Å². The fourth-order valence-corrected chi connectivity index (χ4v) is 2.24. The summed E-state index contributed by atoms with van der Waals surface area (Å²) in [5.74, 6) is 0.978. The molecule has 1 aromatic heterocycles. The first-order valence-corrected chi connectivity index (χ1v) is 4.71. The lowest BCUT2D eigenvalue weighted by Crippen LogP contribution is -1.82. The number of hydrogen-bond acceptors (Lipinski definition) is 2. The number of benzene rings is 1. The van der Waals surface area contributed by atoms with Gasteiger partial charge in [-0.25, -0.2) is 0 Å². The van der Waals surface area contributed by atoms with Crippen LogP contribution in [0.4, 0.5) is 0 Å². The van der Waals surface area contributed by atoms with Crippen molar-refractivity contribution in [3.63, 3.8) is 0 Å². The molecule has 0 fully saturated rings. The van der Waals surface area contributed by atoms with Gasteiger partial charge in [0.15, 0.2) is 0 Å². The van der Waals surface area contributed by atoms with E-state index in [4.69, 9.17) is 4.74 Å². The van der Waals surface area contributed by atoms with Crippen LogP contribution in [0.1, 0.15) is 4.88 Å². The van der Waals surface area contributed by atoms with E-state index in [0.29, 0.717) is 0 Å². The van der Waals surface area contributed by atoms with Crippen molar-refractivity contribution in [2.75, 3.05) is 7.11 Å². The van der Waals surface area contributed by atoms with Crippen molar-refractivity contribution in [3.8, 4) is 5.75 Å². The van der Waals surface area contributed by atoms with Gasteiger partial charge in [-0.3, -0.25) is 0 Å². The molecule has 12 heavy (non-hydrogen) atoms. The Hall–Kier alpha value is -1.02. The molecule has 62 valence electrons. The van der Waals surface area contributed by atoms with Crippen molar-refractivity contribution >= 4 is 22.1 Å². The van der Waals surface area contributed by atoms with Gasteiger partial charge in [-0.1, -0.05) is 12.1 Å². The molecule has 0 unspecified atom stereocenters. The molecule has 1 aromatic carbocycles. The number of methoxy groups -OCH3 is 1. The van der Waals surface area contributed by atoms with Crippen LogP contribution in [-0.2, 0) is 0 Å². The summed E-state index contributed by atoms with van der Waals surface area (Å²) < 4.78 is 5.27. The Morgan fingerprint density at radius 3 is 2.92 bits per heavy atom. The molecule has 0 saturated heterocycles. The maximum atomic E-state index is 5.27. The molecule has 0 aliphatic heterocycles. The molecule has 0 bridgehead atoms. The lowest BCUT2D eigenvalue weighted by molar-refractivity contribution is 0.420. The third-order valence-electron chi connectivity index (χ3n) is 1.99. The molecule has 0 spiro atoms. The van der Waals surface area contributed by atoms with Crippen molar-refractivity contribution in [1.29, 1.82) is 0 Å². The molecule has 0 saturated carbocycles. The maximum Gasteiger partial charge on any atom is 0.127 e. The van der Waals surface area contributed by atoms with Gasteiger partial charge >= 0.3 is 0 Å². The molecule has 0 radical (unpaired) electrons. The van der Waals surface area contributed by atoms with Crippen LogP contribution < -0.4 is 4.74 Å². The van der Waals surface area contributed by atoms with Gasteiger partial charge < -0.3 is 4.74 Å². The van der Waals surface area contributed by atoms with Crippen molar-refractivity contribution in [2.45, 2.75) is 6.92 Å². The van der Waals surface area contributed by atoms with Crippen LogP contribution >= 0.6 is 11.3 Å². The Morgan fingerprint density at radius 2 is 2.17 bits per heavy atom. The van der Waals surface area contributed by atoms with E-state index >= 15 is 0 Å². The van der Waals surface area contributed by atoms with Crippen LogP contribution in [0.3, 0.4) is 0 Å². The minimum Gasteiger partial charge on any atom is -0.496 e. The number of aryl methyl sites for hydroxylation is 1. The highest BCUT2D eigenvalue weighted by molar-refractivity contribution is 7.11. The van der Waals surface area contributed by atoms with Crippen molar-refractivity contribution in [1.82, 2.24) is 0 Å². The zero-order valence-electron chi connectivity index (χ0n) is 7.13. The predicted octanol–water partition coefficient (Wildman–Crippen LogP) is 3.22. The maximum absolute atomic E-state index is 5.27. The molecular formula is C10H10OS. The van der Waals surface area contributed by atoms with Crippen LogP contribution in [0.5, 0.6) is 5.75 Å². The quantitative estimate of drug-likeness (QED) is 0.651. The highest BCUT2D eigenvalue weighted by Gasteiger charge is 2.04. The van der Waals surface area contributed by atoms with Gasteiger partial charge in [-0.05, 0) is 23.8 Å². The van der Waals surface area contributed by atoms with E-state index < -0.39 is 0 Å². The smallest absolute Gasteiger partial charge is 0.127 e. The van der Waals surface area contributed by atoms with Crippen LogP contribution in [0.25, 0.3) is 10.8 Å². The van der Waals surface area contributed by atoms with Crippen molar-refractivity contribution in [2.24, 2.45) is 0 Å². The minimum atomic E-state index is 0.978. The van der Waals surface area contributed by atoms with E-state index in [0.717, 1.165) is 5.75 Å². The standard InChI is InChI=1S/C10H10OS/c1-7-10-8(6-12-7)4-3-5-9(10)11-2/h3-6H,1-2H3. The molecule has 1 heterocycles. The third kappa shape index (κ3) is 0.994. The zero-order valence-corrected chi connectivity index (χ0v) is 7.94. The summed E-state index contributed by atoms with van der Waals surface area (Å²) in [7, 11) is 1.71. The van der Waals surface area contributed by atoms with Gasteiger partial charge in [0.05, 0.1) is 7.11 Å². The van der Waals surface area contributed by atoms with Gasteiger partial charge in [0.25, 0.3) is 0 Å². The monoisotopic (exact) mass is 178 g/mol. The number of hydrogen-bond donors (Lipinski definition) is 0. The van der Waals surface area contributed by atoms with Gasteiger partial charge in [-0.15, -0.1) is 11.3 Å². The molecule has 0 N–H and O–H groups in total. The minimum absolute atomic E-state index is 0.978. The zero-order chi connectivity index (χ0) is 8.55. The van der Waals surface area contributed by atoms with E-state index in [1.807, 2.05) is 12.1 Å². The first kappa shape index (κ1) is 7.62. The van der Waals surface area contributed by atoms with Crippen LogP contribution in [0.2, 0.25) is 0 Å². The predicted molar refractivity (Wildman–Crippen MR) is 53.1 cm³/mol. The van der Waals surface area contributed by atoms with Gasteiger partial charge in [0.2, 0.25) is 0 Å². The van der Waals surface area contributed by atoms with Crippen LogP contribution in [0, 0.1) is 6.92 Å². The number of rotatable bonds is 1. The molecule has 2 rings (SSSR count). The van der Waals surface area contributed by atoms with Crippen LogP contribution in [0.15, 0.2) is 23.6 Å². The first-order chi connectivity index (χ1) is 5.83. The van der Waals surface area contributed by atoms with E-state index in [-0.39, 0.29) is 0 Å². The molecule has 1 nitrogen and oxygen atoms in total. The van der Waals surface area contributed by atoms with E-state index in [1.165, 1.54) is 15.6 Å². The summed E-state index contributed by atoms with van der Waals surface area (Å²) in [6.45, 7) is 2.12. The largest absolute Gasteiger partial charge is 0.496 e. The lowest BCUT2D eigenvalue weighted by atomic mass is 10.2. The van der Waals surface area contributed by atoms with E-state index in [9.17, 15) is 0 Å². The molecule has 2 heteroatoms. The van der Waals surface area contributed by atoms with Gasteiger partial charge in [-0.2, -0.15) is 0 Å². The molecule has 0 aliphatic rings. The fraction of sp³-hybridized carbons (Fsp3) is 0.200. The Balaban J connectivity index is 2.84. The number of fused-ring (bicyclic) bond motifs is 1. The summed E-state index contributed by atoms with van der Waals surface area (Å²) >= 11 is 1.77. The molecule has 2 aromatic rings. The Labute approximate surface area is 75.6 Å². The molecule has 0 aliphatic carbocycles. The molecular weight excluding hydrogens is 168 g/mol. The summed E-state index contributed by atoms with van der Waals surface area (Å²) in [4.78, 5) is 1.32. The Kier molecular flexibility index (Phi) is 1.77. The number of thiophene rings is 1. The Bertz CT molecular complexity index is 403. The summed E-state index contributed by atoms with van der Waals surface area (Å²) in [6.07, 6.45) is 0. The molecule has 0 atom stereocenters. The van der Waals surface area contributed by atoms with Gasteiger partial charge in [0.1, 0.15) is 5.75 Å². The third-order valence-corrected chi connectivity index (χ3v) is 2.92. The SMILES string of the molecule is COc1cccc2csc(C)c12. The topological polar surface area (TPSA) is 9.23 Å². The second-order valence-electron chi connectivity index (χ2n) is 2.72. The lowest BCUT2D eigenvalue weighted by Gasteiger charge is -2.01. The number of ether oxygens (including phenoxy) is 1. The van der Waals surface area contributed by atoms with Crippen LogP contribution in [-0.4, -0.2) is 7.11 Å². The average molecular weight is 178 g/mol. The van der Waals surface area contributed by atoms with Crippen molar-refractivity contribution in [3.05, 3.63) is 28.5 Å². The average Bonchev–Trinajstić information content (AvgIpc) is 2.48. The summed E-state index contributed by atoms with van der Waals surface area (Å²) in [5.41, 5.74) is 0. The normalized spacial score (nSPS) is 10.5. The highest BCUT2D eigenvalue weighted by atomic mass is 32.1. The van der Waals surface area contributed by atoms with Crippen molar-refractivity contribution < 1.29 is 4.74 Å². The van der Waals surface area contributed by atoms with E-state index in [2.05, 4.69) is 18.4 Å². The molecule has 0 amide bonds. The first-order valence-electron chi connectivity index (χ1n) is 3.83. The second-order valence-corrected chi connectivity index (χ2v) is 3.80. The summed E-state index contributed by atoms with van der Waals surface area (Å²) in [6, 6.07) is 6.14.